The lowest BCUT2D eigenvalue weighted by Gasteiger charge is -2.36. The largest absolute Gasteiger partial charge is 0.335 e. The third-order valence-electron chi connectivity index (χ3n) is 3.44. The average Bonchev–Trinajstić information content (AvgIpc) is 2.46. The molecule has 100 valence electrons. The van der Waals surface area contributed by atoms with Crippen LogP contribution in [0.3, 0.4) is 0 Å². The van der Waals surface area contributed by atoms with E-state index < -0.39 is 0 Å². The number of aromatic nitrogens is 1. The normalized spacial score (nSPS) is 16.4. The van der Waals surface area contributed by atoms with Gasteiger partial charge in [0.25, 0.3) is 5.91 Å². The standard InChI is InChI=1S/C14H18N4O/c1-11(2)17-5-7-18(8-6-17)14(19)13-4-3-12(9-15)10-16-13/h3-4,10-11H,5-8H2,1-2H3. The van der Waals surface area contributed by atoms with Crippen molar-refractivity contribution in [1.82, 2.24) is 14.8 Å². The summed E-state index contributed by atoms with van der Waals surface area (Å²) in [5.74, 6) is -0.0482. The maximum atomic E-state index is 12.2. The molecule has 0 bridgehead atoms. The molecule has 19 heavy (non-hydrogen) atoms. The van der Waals surface area contributed by atoms with Crippen molar-refractivity contribution < 1.29 is 4.79 Å². The molecule has 1 fully saturated rings. The predicted molar refractivity (Wildman–Crippen MR) is 71.6 cm³/mol. The highest BCUT2D eigenvalue weighted by atomic mass is 16.2. The van der Waals surface area contributed by atoms with E-state index in [1.807, 2.05) is 11.0 Å². The molecule has 0 spiro atoms. The molecule has 0 atom stereocenters. The van der Waals surface area contributed by atoms with Crippen LogP contribution in [0.15, 0.2) is 18.3 Å². The molecule has 1 aliphatic heterocycles. The van der Waals surface area contributed by atoms with Gasteiger partial charge in [0.2, 0.25) is 0 Å². The van der Waals surface area contributed by atoms with Crippen LogP contribution in [0.1, 0.15) is 29.9 Å². The third kappa shape index (κ3) is 3.09. The molecule has 0 aliphatic carbocycles. The zero-order chi connectivity index (χ0) is 13.8. The Bertz CT molecular complexity index is 481. The van der Waals surface area contributed by atoms with Gasteiger partial charge in [-0.2, -0.15) is 5.26 Å². The summed E-state index contributed by atoms with van der Waals surface area (Å²) in [5.41, 5.74) is 0.887. The smallest absolute Gasteiger partial charge is 0.272 e. The summed E-state index contributed by atoms with van der Waals surface area (Å²) in [7, 11) is 0. The first-order valence-electron chi connectivity index (χ1n) is 6.51. The molecule has 1 saturated heterocycles. The molecule has 0 N–H and O–H groups in total. The highest BCUT2D eigenvalue weighted by Gasteiger charge is 2.23. The second-order valence-electron chi connectivity index (χ2n) is 4.97. The van der Waals surface area contributed by atoms with E-state index in [-0.39, 0.29) is 5.91 Å². The highest BCUT2D eigenvalue weighted by Crippen LogP contribution is 2.09. The first kappa shape index (κ1) is 13.5. The fraction of sp³-hybridized carbons (Fsp3) is 0.500. The Balaban J connectivity index is 1.99. The number of nitrogens with zero attached hydrogens (tertiary/aromatic N) is 4. The lowest BCUT2D eigenvalue weighted by molar-refractivity contribution is 0.0590. The van der Waals surface area contributed by atoms with Gasteiger partial charge < -0.3 is 4.90 Å². The summed E-state index contributed by atoms with van der Waals surface area (Å²) in [4.78, 5) is 20.5. The van der Waals surface area contributed by atoms with Crippen molar-refractivity contribution >= 4 is 5.91 Å². The molecule has 1 aromatic heterocycles. The number of pyridine rings is 1. The summed E-state index contributed by atoms with van der Waals surface area (Å²) in [6.07, 6.45) is 1.44. The van der Waals surface area contributed by atoms with Gasteiger partial charge in [-0.25, -0.2) is 4.98 Å². The summed E-state index contributed by atoms with van der Waals surface area (Å²) in [6.45, 7) is 7.61. The van der Waals surface area contributed by atoms with Gasteiger partial charge in [-0.3, -0.25) is 9.69 Å². The second kappa shape index (κ2) is 5.81. The monoisotopic (exact) mass is 258 g/mol. The zero-order valence-corrected chi connectivity index (χ0v) is 11.3. The topological polar surface area (TPSA) is 60.2 Å². The lowest BCUT2D eigenvalue weighted by atomic mass is 10.2. The van der Waals surface area contributed by atoms with Gasteiger partial charge in [0.05, 0.1) is 5.56 Å². The molecule has 5 nitrogen and oxygen atoms in total. The number of carbonyl (C=O) groups is 1. The van der Waals surface area contributed by atoms with Crippen molar-refractivity contribution in [2.24, 2.45) is 0 Å². The number of nitriles is 1. The molecule has 2 heterocycles. The van der Waals surface area contributed by atoms with Crippen LogP contribution in [0.4, 0.5) is 0 Å². The number of carbonyl (C=O) groups excluding carboxylic acids is 1. The van der Waals surface area contributed by atoms with Crippen LogP contribution >= 0.6 is 0 Å². The molecule has 2 rings (SSSR count). The zero-order valence-electron chi connectivity index (χ0n) is 11.3. The van der Waals surface area contributed by atoms with Crippen LogP contribution in [0.5, 0.6) is 0 Å². The Morgan fingerprint density at radius 1 is 1.32 bits per heavy atom. The fourth-order valence-electron chi connectivity index (χ4n) is 2.19. The van der Waals surface area contributed by atoms with Gasteiger partial charge in [-0.15, -0.1) is 0 Å². The van der Waals surface area contributed by atoms with Crippen LogP contribution < -0.4 is 0 Å². The van der Waals surface area contributed by atoms with Gasteiger partial charge in [-0.05, 0) is 26.0 Å². The van der Waals surface area contributed by atoms with Crippen molar-refractivity contribution in [3.05, 3.63) is 29.6 Å². The molecule has 5 heteroatoms. The molecular weight excluding hydrogens is 240 g/mol. The van der Waals surface area contributed by atoms with Crippen molar-refractivity contribution in [3.8, 4) is 6.07 Å². The molecule has 0 aromatic carbocycles. The van der Waals surface area contributed by atoms with Crippen molar-refractivity contribution in [3.63, 3.8) is 0 Å². The van der Waals surface area contributed by atoms with Crippen LogP contribution in [0.2, 0.25) is 0 Å². The minimum atomic E-state index is -0.0482. The average molecular weight is 258 g/mol. The van der Waals surface area contributed by atoms with Gasteiger partial charge in [0.1, 0.15) is 11.8 Å². The minimum absolute atomic E-state index is 0.0482. The first-order chi connectivity index (χ1) is 9.11. The van der Waals surface area contributed by atoms with Crippen molar-refractivity contribution in [1.29, 1.82) is 5.26 Å². The van der Waals surface area contributed by atoms with Gasteiger partial charge in [0.15, 0.2) is 0 Å². The molecular formula is C14H18N4O. The van der Waals surface area contributed by atoms with Crippen molar-refractivity contribution in [2.45, 2.75) is 19.9 Å². The van der Waals surface area contributed by atoms with E-state index in [0.29, 0.717) is 17.3 Å². The Hall–Kier alpha value is -1.93. The number of rotatable bonds is 2. The molecule has 0 unspecified atom stereocenters. The SMILES string of the molecule is CC(C)N1CCN(C(=O)c2ccc(C#N)cn2)CC1. The second-order valence-corrected chi connectivity index (χ2v) is 4.97. The lowest BCUT2D eigenvalue weighted by Crippen LogP contribution is -2.50. The van der Waals surface area contributed by atoms with Crippen LogP contribution in [0, 0.1) is 11.3 Å². The van der Waals surface area contributed by atoms with E-state index in [9.17, 15) is 4.79 Å². The summed E-state index contributed by atoms with van der Waals surface area (Å²) < 4.78 is 0. The maximum Gasteiger partial charge on any atom is 0.272 e. The van der Waals surface area contributed by atoms with E-state index in [1.165, 1.54) is 6.20 Å². The van der Waals surface area contributed by atoms with Crippen LogP contribution in [-0.4, -0.2) is 52.9 Å². The van der Waals surface area contributed by atoms with Crippen LogP contribution in [0.25, 0.3) is 0 Å². The summed E-state index contributed by atoms with van der Waals surface area (Å²) >= 11 is 0. The van der Waals surface area contributed by atoms with E-state index in [2.05, 4.69) is 23.7 Å². The van der Waals surface area contributed by atoms with Crippen LogP contribution in [-0.2, 0) is 0 Å². The first-order valence-corrected chi connectivity index (χ1v) is 6.51. The third-order valence-corrected chi connectivity index (χ3v) is 3.44. The van der Waals surface area contributed by atoms with Gasteiger partial charge in [-0.1, -0.05) is 0 Å². The Labute approximate surface area is 113 Å². The molecule has 1 aromatic rings. The Morgan fingerprint density at radius 2 is 2.00 bits per heavy atom. The van der Waals surface area contributed by atoms with E-state index >= 15 is 0 Å². The molecule has 0 saturated carbocycles. The Morgan fingerprint density at radius 3 is 2.47 bits per heavy atom. The number of hydrogen-bond acceptors (Lipinski definition) is 4. The highest BCUT2D eigenvalue weighted by molar-refractivity contribution is 5.92. The van der Waals surface area contributed by atoms with Gasteiger partial charge >= 0.3 is 0 Å². The van der Waals surface area contributed by atoms with E-state index in [4.69, 9.17) is 5.26 Å². The minimum Gasteiger partial charge on any atom is -0.335 e. The van der Waals surface area contributed by atoms with Crippen molar-refractivity contribution in [2.75, 3.05) is 26.2 Å². The molecule has 1 aliphatic rings. The Kier molecular flexibility index (Phi) is 4.13. The summed E-state index contributed by atoms with van der Waals surface area (Å²) in [6, 6.07) is 5.77. The number of amides is 1. The summed E-state index contributed by atoms with van der Waals surface area (Å²) in [5, 5.41) is 8.71. The van der Waals surface area contributed by atoms with E-state index in [1.54, 1.807) is 12.1 Å². The van der Waals surface area contributed by atoms with Gasteiger partial charge in [0, 0.05) is 38.4 Å². The fourth-order valence-corrected chi connectivity index (χ4v) is 2.19. The van der Waals surface area contributed by atoms with E-state index in [0.717, 1.165) is 26.2 Å². The molecule has 1 amide bonds. The predicted octanol–water partition coefficient (Wildman–Crippen LogP) is 1.12. The number of piperazine rings is 1. The maximum absolute atomic E-state index is 12.2. The number of hydrogen-bond donors (Lipinski definition) is 0. The molecule has 0 radical (unpaired) electrons. The quantitative estimate of drug-likeness (QED) is 0.797.